The molecule has 0 bridgehead atoms. The van der Waals surface area contributed by atoms with Gasteiger partial charge in [-0.2, -0.15) is 0 Å². The number of hydrogen-bond donors (Lipinski definition) is 0. The second-order valence-corrected chi connectivity index (χ2v) is 13.2. The summed E-state index contributed by atoms with van der Waals surface area (Å²) in [7, 11) is 0. The van der Waals surface area contributed by atoms with E-state index >= 15 is 0 Å². The lowest BCUT2D eigenvalue weighted by molar-refractivity contribution is 0.668. The topological polar surface area (TPSA) is 42.7 Å². The van der Waals surface area contributed by atoms with Gasteiger partial charge in [0.15, 0.2) is 5.58 Å². The van der Waals surface area contributed by atoms with Crippen LogP contribution in [0.3, 0.4) is 0 Å². The van der Waals surface area contributed by atoms with Crippen molar-refractivity contribution in [3.05, 3.63) is 176 Å². The second-order valence-electron chi connectivity index (χ2n) is 13.2. The molecule has 4 heteroatoms. The molecule has 0 N–H and O–H groups in total. The van der Waals surface area contributed by atoms with Gasteiger partial charge in [0.05, 0.1) is 11.4 Å². The Labute approximate surface area is 298 Å². The van der Waals surface area contributed by atoms with Crippen molar-refractivity contribution in [2.24, 2.45) is 0 Å². The molecule has 11 rings (SSSR count). The van der Waals surface area contributed by atoms with Crippen LogP contribution in [-0.2, 0) is 0 Å². The van der Waals surface area contributed by atoms with Gasteiger partial charge in [0.1, 0.15) is 27.9 Å². The normalized spacial score (nSPS) is 11.8. The van der Waals surface area contributed by atoms with Crippen molar-refractivity contribution in [2.45, 2.75) is 0 Å². The Kier molecular flexibility index (Phi) is 6.22. The van der Waals surface area contributed by atoms with Crippen molar-refractivity contribution >= 4 is 82.9 Å². The second kappa shape index (κ2) is 11.2. The molecule has 0 saturated heterocycles. The highest BCUT2D eigenvalue weighted by Crippen LogP contribution is 2.46. The van der Waals surface area contributed by atoms with E-state index in [9.17, 15) is 0 Å². The molecule has 244 valence electrons. The highest BCUT2D eigenvalue weighted by Gasteiger charge is 2.22. The average molecular weight is 668 g/mol. The number of para-hydroxylation sites is 4. The Morgan fingerprint density at radius 3 is 1.75 bits per heavy atom. The summed E-state index contributed by atoms with van der Waals surface area (Å²) in [6.45, 7) is 0. The summed E-state index contributed by atoms with van der Waals surface area (Å²) in [5.41, 5.74) is 12.5. The largest absolute Gasteiger partial charge is 0.456 e. The molecule has 0 saturated carbocycles. The third kappa shape index (κ3) is 4.34. The van der Waals surface area contributed by atoms with E-state index in [2.05, 4.69) is 144 Å². The van der Waals surface area contributed by atoms with Crippen molar-refractivity contribution in [1.29, 1.82) is 0 Å². The molecule has 3 aromatic heterocycles. The Morgan fingerprint density at radius 1 is 0.327 bits per heavy atom. The maximum absolute atomic E-state index is 6.93. The number of benzene rings is 8. The van der Waals surface area contributed by atoms with Gasteiger partial charge in [0.25, 0.3) is 0 Å². The minimum absolute atomic E-state index is 0.823. The molecular formula is C48H29NO3. The van der Waals surface area contributed by atoms with Crippen LogP contribution in [0.15, 0.2) is 189 Å². The maximum Gasteiger partial charge on any atom is 0.159 e. The first-order chi connectivity index (χ1) is 25.8. The summed E-state index contributed by atoms with van der Waals surface area (Å²) in [6.07, 6.45) is 0. The summed E-state index contributed by atoms with van der Waals surface area (Å²) in [5.74, 6) is 0. The monoisotopic (exact) mass is 667 g/mol. The number of fused-ring (bicyclic) bond motifs is 9. The smallest absolute Gasteiger partial charge is 0.159 e. The van der Waals surface area contributed by atoms with Gasteiger partial charge in [-0.1, -0.05) is 121 Å². The van der Waals surface area contributed by atoms with Gasteiger partial charge >= 0.3 is 0 Å². The average Bonchev–Trinajstić information content (AvgIpc) is 3.90. The molecule has 4 nitrogen and oxygen atoms in total. The molecule has 8 aromatic carbocycles. The number of furan rings is 3. The van der Waals surface area contributed by atoms with Crippen molar-refractivity contribution in [2.75, 3.05) is 4.90 Å². The predicted molar refractivity (Wildman–Crippen MR) is 214 cm³/mol. The molecule has 0 radical (unpaired) electrons. The van der Waals surface area contributed by atoms with Crippen LogP contribution in [0.25, 0.3) is 88.1 Å². The Balaban J connectivity index is 1.12. The lowest BCUT2D eigenvalue weighted by Gasteiger charge is -2.25. The number of anilines is 3. The van der Waals surface area contributed by atoms with Gasteiger partial charge in [0, 0.05) is 49.6 Å². The van der Waals surface area contributed by atoms with Gasteiger partial charge in [-0.3, -0.25) is 0 Å². The van der Waals surface area contributed by atoms with Crippen LogP contribution < -0.4 is 4.90 Å². The summed E-state index contributed by atoms with van der Waals surface area (Å²) >= 11 is 0. The first kappa shape index (κ1) is 28.8. The van der Waals surface area contributed by atoms with Crippen LogP contribution >= 0.6 is 0 Å². The fraction of sp³-hybridized carbons (Fsp3) is 0. The van der Waals surface area contributed by atoms with E-state index in [1.807, 2.05) is 36.4 Å². The summed E-state index contributed by atoms with van der Waals surface area (Å²) in [6, 6.07) is 61.2. The fourth-order valence-electron chi connectivity index (χ4n) is 7.91. The number of nitrogens with zero attached hydrogens (tertiary/aromatic N) is 1. The standard InChI is InChI=1S/C48H29NO3/c1-2-11-30(12-3-1)35-16-8-17-38-39-18-9-19-41(48(39)52-47(35)38)49(33-27-28-37-36-13-4-6-20-42(36)51-45(37)29-33)32-25-23-31(24-26-32)34-15-10-22-44-46(34)40-14-5-7-21-43(40)50-44/h1-29H. The van der Waals surface area contributed by atoms with Gasteiger partial charge in [-0.05, 0) is 65.2 Å². The molecular weight excluding hydrogens is 639 g/mol. The van der Waals surface area contributed by atoms with Crippen molar-refractivity contribution < 1.29 is 13.3 Å². The van der Waals surface area contributed by atoms with E-state index in [-0.39, 0.29) is 0 Å². The van der Waals surface area contributed by atoms with Crippen molar-refractivity contribution in [3.8, 4) is 22.3 Å². The Bertz CT molecular complexity index is 3130. The third-order valence-electron chi connectivity index (χ3n) is 10.3. The van der Waals surface area contributed by atoms with Crippen molar-refractivity contribution in [1.82, 2.24) is 0 Å². The molecule has 0 fully saturated rings. The third-order valence-corrected chi connectivity index (χ3v) is 10.3. The van der Waals surface area contributed by atoms with E-state index in [0.29, 0.717) is 0 Å². The maximum atomic E-state index is 6.93. The Hall–Kier alpha value is -7.04. The number of hydrogen-bond acceptors (Lipinski definition) is 4. The lowest BCUT2D eigenvalue weighted by Crippen LogP contribution is -2.10. The van der Waals surface area contributed by atoms with Crippen LogP contribution in [0.5, 0.6) is 0 Å². The molecule has 0 aliphatic rings. The van der Waals surface area contributed by atoms with Crippen LogP contribution in [0.4, 0.5) is 17.1 Å². The van der Waals surface area contributed by atoms with Crippen molar-refractivity contribution in [3.63, 3.8) is 0 Å². The highest BCUT2D eigenvalue weighted by molar-refractivity contribution is 6.15. The molecule has 0 aliphatic heterocycles. The van der Waals surface area contributed by atoms with Crippen LogP contribution in [-0.4, -0.2) is 0 Å². The first-order valence-corrected chi connectivity index (χ1v) is 17.5. The van der Waals surface area contributed by atoms with E-state index in [4.69, 9.17) is 13.3 Å². The molecule has 3 heterocycles. The molecule has 0 atom stereocenters. The minimum atomic E-state index is 0.823. The zero-order valence-corrected chi connectivity index (χ0v) is 27.9. The SMILES string of the molecule is c1ccc(-c2cccc3c2oc2c(N(c4ccc(-c5cccc6oc7ccccc7c56)cc4)c4ccc5c(c4)oc4ccccc45)cccc23)cc1. The summed E-state index contributed by atoms with van der Waals surface area (Å²) < 4.78 is 19.6. The first-order valence-electron chi connectivity index (χ1n) is 17.5. The fourth-order valence-corrected chi connectivity index (χ4v) is 7.91. The molecule has 0 spiro atoms. The highest BCUT2D eigenvalue weighted by atomic mass is 16.3. The molecule has 0 unspecified atom stereocenters. The van der Waals surface area contributed by atoms with E-state index in [0.717, 1.165) is 105 Å². The van der Waals surface area contributed by atoms with E-state index < -0.39 is 0 Å². The molecule has 0 amide bonds. The van der Waals surface area contributed by atoms with Crippen LogP contribution in [0.2, 0.25) is 0 Å². The molecule has 52 heavy (non-hydrogen) atoms. The predicted octanol–water partition coefficient (Wildman–Crippen LogP) is 14.2. The quantitative estimate of drug-likeness (QED) is 0.183. The zero-order valence-electron chi connectivity index (χ0n) is 27.9. The van der Waals surface area contributed by atoms with Gasteiger partial charge in [0.2, 0.25) is 0 Å². The number of rotatable bonds is 5. The van der Waals surface area contributed by atoms with Gasteiger partial charge < -0.3 is 18.2 Å². The van der Waals surface area contributed by atoms with Gasteiger partial charge in [-0.15, -0.1) is 0 Å². The molecule has 0 aliphatic carbocycles. The van der Waals surface area contributed by atoms with Crippen LogP contribution in [0, 0.1) is 0 Å². The summed E-state index contributed by atoms with van der Waals surface area (Å²) in [5, 5.41) is 6.58. The Morgan fingerprint density at radius 2 is 0.904 bits per heavy atom. The molecule has 11 aromatic rings. The van der Waals surface area contributed by atoms with Gasteiger partial charge in [-0.25, -0.2) is 0 Å². The van der Waals surface area contributed by atoms with E-state index in [1.54, 1.807) is 0 Å². The lowest BCUT2D eigenvalue weighted by atomic mass is 9.99. The minimum Gasteiger partial charge on any atom is -0.456 e. The zero-order chi connectivity index (χ0) is 34.2. The summed E-state index contributed by atoms with van der Waals surface area (Å²) in [4.78, 5) is 2.27. The van der Waals surface area contributed by atoms with Crippen LogP contribution in [0.1, 0.15) is 0 Å². The van der Waals surface area contributed by atoms with E-state index in [1.165, 1.54) is 0 Å².